The Morgan fingerprint density at radius 2 is 2.03 bits per heavy atom. The molecule has 3 heterocycles. The van der Waals surface area contributed by atoms with E-state index in [1.165, 1.54) is 13.2 Å². The molecule has 170 valence electrons. The first-order valence-electron chi connectivity index (χ1n) is 10.5. The first kappa shape index (κ1) is 22.2. The third-order valence-electron chi connectivity index (χ3n) is 5.43. The minimum Gasteiger partial charge on any atom is -0.496 e. The molecule has 8 nitrogen and oxygen atoms in total. The zero-order valence-electron chi connectivity index (χ0n) is 18.7. The number of aryl methyl sites for hydroxylation is 1. The molecule has 0 aliphatic carbocycles. The van der Waals surface area contributed by atoms with Crippen molar-refractivity contribution in [3.8, 4) is 16.9 Å². The van der Waals surface area contributed by atoms with Crippen molar-refractivity contribution < 1.29 is 13.9 Å². The quantitative estimate of drug-likeness (QED) is 0.444. The van der Waals surface area contributed by atoms with Crippen LogP contribution in [0.5, 0.6) is 5.75 Å². The minimum absolute atomic E-state index is 0.0714. The molecular formula is C24H25FN6O2. The molecule has 1 N–H and O–H groups in total. The Morgan fingerprint density at radius 1 is 1.18 bits per heavy atom. The number of nitrogens with one attached hydrogen (secondary N) is 1. The number of anilines is 1. The van der Waals surface area contributed by atoms with E-state index in [4.69, 9.17) is 4.74 Å². The van der Waals surface area contributed by atoms with Crippen molar-refractivity contribution >= 4 is 17.4 Å². The number of aromatic nitrogens is 4. The normalized spacial score (nSPS) is 10.9. The summed E-state index contributed by atoms with van der Waals surface area (Å²) >= 11 is 0. The van der Waals surface area contributed by atoms with Gasteiger partial charge in [0.05, 0.1) is 7.11 Å². The van der Waals surface area contributed by atoms with Gasteiger partial charge in [0.25, 0.3) is 0 Å². The number of pyridine rings is 2. The van der Waals surface area contributed by atoms with E-state index in [-0.39, 0.29) is 18.3 Å². The Hall–Kier alpha value is -4.01. The summed E-state index contributed by atoms with van der Waals surface area (Å²) in [6, 6.07) is 12.4. The van der Waals surface area contributed by atoms with E-state index in [2.05, 4.69) is 20.5 Å². The molecule has 4 rings (SSSR count). The standard InChI is InChI=1S/C24H25FN6O2/c1-30(2)23(32)12-9-17-8-7-16(13-26-17)18-10-11-22(31-15-28-29-24(18)31)27-14-19-20(25)5-4-6-21(19)33-3/h4-8,10-11,13,15,27H,9,12,14H2,1-3H3. The van der Waals surface area contributed by atoms with Crippen molar-refractivity contribution in [2.45, 2.75) is 19.4 Å². The van der Waals surface area contributed by atoms with Crippen LogP contribution in [0.4, 0.5) is 10.2 Å². The second kappa shape index (κ2) is 9.64. The first-order valence-corrected chi connectivity index (χ1v) is 10.5. The highest BCUT2D eigenvalue weighted by Gasteiger charge is 2.13. The van der Waals surface area contributed by atoms with Crippen molar-refractivity contribution in [3.05, 3.63) is 72.1 Å². The molecule has 4 aromatic rings. The fourth-order valence-corrected chi connectivity index (χ4v) is 3.55. The monoisotopic (exact) mass is 448 g/mol. The van der Waals surface area contributed by atoms with Crippen LogP contribution in [0.15, 0.2) is 55.0 Å². The Kier molecular flexibility index (Phi) is 6.48. The van der Waals surface area contributed by atoms with E-state index in [0.29, 0.717) is 29.8 Å². The molecule has 0 fully saturated rings. The highest BCUT2D eigenvalue weighted by molar-refractivity contribution is 5.79. The largest absolute Gasteiger partial charge is 0.496 e. The van der Waals surface area contributed by atoms with Gasteiger partial charge in [-0.1, -0.05) is 12.1 Å². The average molecular weight is 449 g/mol. The van der Waals surface area contributed by atoms with Gasteiger partial charge in [-0.15, -0.1) is 10.2 Å². The summed E-state index contributed by atoms with van der Waals surface area (Å²) in [5.74, 6) is 0.937. The molecule has 1 aromatic carbocycles. The molecule has 0 atom stereocenters. The number of methoxy groups -OCH3 is 1. The average Bonchev–Trinajstić information content (AvgIpc) is 3.32. The van der Waals surface area contributed by atoms with Crippen molar-refractivity contribution in [1.29, 1.82) is 0 Å². The molecule has 0 aliphatic heterocycles. The molecule has 0 unspecified atom stereocenters. The number of amides is 1. The Balaban J connectivity index is 1.54. The Bertz CT molecular complexity index is 1270. The van der Waals surface area contributed by atoms with Gasteiger partial charge in [-0.25, -0.2) is 4.39 Å². The number of hydrogen-bond acceptors (Lipinski definition) is 6. The topological polar surface area (TPSA) is 84.6 Å². The van der Waals surface area contributed by atoms with Gasteiger partial charge in [0.2, 0.25) is 5.91 Å². The lowest BCUT2D eigenvalue weighted by Crippen LogP contribution is -2.21. The fourth-order valence-electron chi connectivity index (χ4n) is 3.55. The van der Waals surface area contributed by atoms with E-state index < -0.39 is 0 Å². The second-order valence-corrected chi connectivity index (χ2v) is 7.76. The summed E-state index contributed by atoms with van der Waals surface area (Å²) in [6.45, 7) is 0.240. The van der Waals surface area contributed by atoms with Gasteiger partial charge < -0.3 is 15.0 Å². The SMILES string of the molecule is COc1cccc(F)c1CNc1ccc(-c2ccc(CCC(=O)N(C)C)nc2)c2nncn12. The number of benzene rings is 1. The molecule has 3 aromatic heterocycles. The van der Waals surface area contributed by atoms with Crippen LogP contribution in [0.2, 0.25) is 0 Å². The molecular weight excluding hydrogens is 423 g/mol. The number of hydrogen-bond donors (Lipinski definition) is 1. The molecule has 0 saturated heterocycles. The maximum Gasteiger partial charge on any atom is 0.222 e. The number of rotatable bonds is 8. The third-order valence-corrected chi connectivity index (χ3v) is 5.43. The third kappa shape index (κ3) is 4.77. The van der Waals surface area contributed by atoms with E-state index in [1.807, 2.05) is 28.7 Å². The van der Waals surface area contributed by atoms with Crippen LogP contribution < -0.4 is 10.1 Å². The number of halogens is 1. The molecule has 0 aliphatic rings. The molecule has 0 radical (unpaired) electrons. The maximum atomic E-state index is 14.3. The Labute approximate surface area is 191 Å². The van der Waals surface area contributed by atoms with Crippen LogP contribution in [0.3, 0.4) is 0 Å². The van der Waals surface area contributed by atoms with Crippen LogP contribution in [0.1, 0.15) is 17.7 Å². The number of fused-ring (bicyclic) bond motifs is 1. The van der Waals surface area contributed by atoms with Gasteiger partial charge in [0, 0.05) is 55.6 Å². The zero-order chi connectivity index (χ0) is 23.4. The van der Waals surface area contributed by atoms with Crippen LogP contribution in [-0.4, -0.2) is 51.6 Å². The van der Waals surface area contributed by atoms with Crippen LogP contribution in [0, 0.1) is 5.82 Å². The van der Waals surface area contributed by atoms with Gasteiger partial charge in [-0.05, 0) is 36.8 Å². The summed E-state index contributed by atoms with van der Waals surface area (Å²) in [7, 11) is 5.01. The molecule has 1 amide bonds. The highest BCUT2D eigenvalue weighted by Crippen LogP contribution is 2.27. The lowest BCUT2D eigenvalue weighted by molar-refractivity contribution is -0.128. The number of nitrogens with zero attached hydrogens (tertiary/aromatic N) is 5. The number of ether oxygens (including phenoxy) is 1. The Morgan fingerprint density at radius 3 is 2.76 bits per heavy atom. The van der Waals surface area contributed by atoms with Crippen LogP contribution in [0.25, 0.3) is 16.8 Å². The van der Waals surface area contributed by atoms with E-state index in [0.717, 1.165) is 22.6 Å². The first-order chi connectivity index (χ1) is 16.0. The van der Waals surface area contributed by atoms with Gasteiger partial charge >= 0.3 is 0 Å². The summed E-state index contributed by atoms with van der Waals surface area (Å²) in [5.41, 5.74) is 3.70. The summed E-state index contributed by atoms with van der Waals surface area (Å²) in [5, 5.41) is 11.5. The predicted octanol–water partition coefficient (Wildman–Crippen LogP) is 3.57. The maximum absolute atomic E-state index is 14.3. The van der Waals surface area contributed by atoms with Crippen molar-refractivity contribution in [2.24, 2.45) is 0 Å². The smallest absolute Gasteiger partial charge is 0.222 e. The molecule has 9 heteroatoms. The lowest BCUT2D eigenvalue weighted by Gasteiger charge is -2.14. The van der Waals surface area contributed by atoms with Gasteiger partial charge in [0.15, 0.2) is 5.65 Å². The molecule has 33 heavy (non-hydrogen) atoms. The van der Waals surface area contributed by atoms with Crippen LogP contribution in [-0.2, 0) is 17.8 Å². The van der Waals surface area contributed by atoms with E-state index in [9.17, 15) is 9.18 Å². The lowest BCUT2D eigenvalue weighted by atomic mass is 10.1. The van der Waals surface area contributed by atoms with E-state index in [1.54, 1.807) is 43.7 Å². The van der Waals surface area contributed by atoms with Gasteiger partial charge in [-0.3, -0.25) is 14.2 Å². The predicted molar refractivity (Wildman–Crippen MR) is 124 cm³/mol. The highest BCUT2D eigenvalue weighted by atomic mass is 19.1. The minimum atomic E-state index is -0.336. The van der Waals surface area contributed by atoms with E-state index >= 15 is 0 Å². The zero-order valence-corrected chi connectivity index (χ0v) is 18.7. The number of carbonyl (C=O) groups excluding carboxylic acids is 1. The number of carbonyl (C=O) groups is 1. The molecule has 0 saturated carbocycles. The summed E-state index contributed by atoms with van der Waals surface area (Å²) in [6.07, 6.45) is 4.38. The molecule has 0 bridgehead atoms. The van der Waals surface area contributed by atoms with Gasteiger partial charge in [-0.2, -0.15) is 0 Å². The van der Waals surface area contributed by atoms with Crippen LogP contribution >= 0.6 is 0 Å². The summed E-state index contributed by atoms with van der Waals surface area (Å²) in [4.78, 5) is 17.9. The van der Waals surface area contributed by atoms with Gasteiger partial charge in [0.1, 0.15) is 23.7 Å². The van der Waals surface area contributed by atoms with Crippen molar-refractivity contribution in [2.75, 3.05) is 26.5 Å². The molecule has 0 spiro atoms. The fraction of sp³-hybridized carbons (Fsp3) is 0.250. The van der Waals surface area contributed by atoms with Crippen molar-refractivity contribution in [3.63, 3.8) is 0 Å². The second-order valence-electron chi connectivity index (χ2n) is 7.76. The summed E-state index contributed by atoms with van der Waals surface area (Å²) < 4.78 is 21.4. The van der Waals surface area contributed by atoms with Crippen molar-refractivity contribution in [1.82, 2.24) is 24.5 Å².